The first-order valence-corrected chi connectivity index (χ1v) is 6.86. The molecule has 1 atom stereocenters. The Morgan fingerprint density at radius 2 is 1.04 bits per heavy atom. The van der Waals surface area contributed by atoms with E-state index >= 15 is 0 Å². The van der Waals surface area contributed by atoms with Crippen molar-refractivity contribution in [2.24, 2.45) is 0 Å². The number of ketones is 1. The molecule has 0 heterocycles. The van der Waals surface area contributed by atoms with Crippen LogP contribution in [-0.2, 0) is 93.0 Å². The normalized spacial score (nSPS) is 6.88. The maximum atomic E-state index is 10.6. The number of hydrogen-bond donors (Lipinski definition) is 0. The molecule has 0 saturated carbocycles. The summed E-state index contributed by atoms with van der Waals surface area (Å²) in [4.78, 5) is 57.1. The Morgan fingerprint density at radius 3 is 1.27 bits per heavy atom. The molecule has 0 rings (SSSR count). The Kier molecular flexibility index (Phi) is 222. The van der Waals surface area contributed by atoms with Crippen molar-refractivity contribution in [1.29, 1.82) is 0 Å². The van der Waals surface area contributed by atoms with Gasteiger partial charge < -0.3 is 58.8 Å². The van der Waals surface area contributed by atoms with Gasteiger partial charge in [0.25, 0.3) is 0 Å². The van der Waals surface area contributed by atoms with Crippen LogP contribution in [0.15, 0.2) is 0 Å². The van der Waals surface area contributed by atoms with E-state index in [9.17, 15) is 4.79 Å². The van der Waals surface area contributed by atoms with Crippen LogP contribution in [-0.4, -0.2) is 57.5 Å². The molecule has 0 aromatic rings. The van der Waals surface area contributed by atoms with Crippen LogP contribution in [0.2, 0.25) is 0 Å². The third-order valence-electron chi connectivity index (χ3n) is 1.74. The Hall–Kier alpha value is -0.571. The quantitative estimate of drug-likeness (QED) is 0.164. The van der Waals surface area contributed by atoms with Crippen molar-refractivity contribution in [3.8, 4) is 0 Å². The monoisotopic (exact) mass is 490 g/mol. The summed E-state index contributed by atoms with van der Waals surface area (Å²) in [5, 5.41) is 0.328. The van der Waals surface area contributed by atoms with Crippen LogP contribution in [0.25, 0.3) is 0 Å². The average Bonchev–Trinajstić information content (AvgIpc) is 2.69. The number of unbranched alkanes of at least 4 members (excludes halogenated alkanes) is 1. The Morgan fingerprint density at radius 1 is 0.731 bits per heavy atom. The fraction of sp³-hybridized carbons (Fsp3) is 0.533. The number of carbonyl (C=O) groups excluding carboxylic acids is 7. The van der Waals surface area contributed by atoms with Crippen molar-refractivity contribution >= 4 is 71.8 Å². The second-order valence-corrected chi connectivity index (χ2v) is 4.14. The molecule has 0 aromatic carbocycles. The van der Waals surface area contributed by atoms with Gasteiger partial charge in [-0.05, 0) is 13.3 Å². The summed E-state index contributed by atoms with van der Waals surface area (Å²) in [7, 11) is 0. The standard InChI is InChI=1S/C9H18OS2.6CHO.2Fe/c1-8(10)4-2-3-5-9(12)6-7-11;6*1-2;;/h9,11-12H,2-7H2,1H3;6*1H;;/q;6*-1;2*+3/p-2. The summed E-state index contributed by atoms with van der Waals surface area (Å²) in [6, 6.07) is 0. The van der Waals surface area contributed by atoms with Gasteiger partial charge >= 0.3 is 34.1 Å². The zero-order valence-corrected chi connectivity index (χ0v) is 18.0. The van der Waals surface area contributed by atoms with Crippen LogP contribution in [0.4, 0.5) is 0 Å². The van der Waals surface area contributed by atoms with E-state index in [1.165, 1.54) is 0 Å². The van der Waals surface area contributed by atoms with Crippen molar-refractivity contribution in [3.63, 3.8) is 0 Å². The fourth-order valence-electron chi connectivity index (χ4n) is 1.02. The first kappa shape index (κ1) is 56.2. The molecular weight excluding hydrogens is 468 g/mol. The van der Waals surface area contributed by atoms with Gasteiger partial charge in [0, 0.05) is 6.42 Å². The molecule has 154 valence electrons. The van der Waals surface area contributed by atoms with E-state index < -0.39 is 0 Å². The van der Waals surface area contributed by atoms with E-state index in [2.05, 4.69) is 40.7 Å². The van der Waals surface area contributed by atoms with E-state index in [1.807, 2.05) is 0 Å². The van der Waals surface area contributed by atoms with Gasteiger partial charge in [0.05, 0.1) is 0 Å². The number of rotatable bonds is 7. The molecule has 0 aliphatic rings. The van der Waals surface area contributed by atoms with Gasteiger partial charge in [-0.2, -0.15) is 11.0 Å². The molecule has 1 unspecified atom stereocenters. The van der Waals surface area contributed by atoms with Gasteiger partial charge in [0.2, 0.25) is 0 Å². The van der Waals surface area contributed by atoms with Crippen molar-refractivity contribution < 1.29 is 67.7 Å². The van der Waals surface area contributed by atoms with Crippen molar-refractivity contribution in [3.05, 3.63) is 0 Å². The SMILES string of the molecule is CC(=O)CCCCC([S-])CC[S-].[CH-]=O.[CH-]=O.[CH-]=O.[CH-]=O.[CH-]=O.[CH-]=O.[Fe+3].[Fe+3]. The predicted molar refractivity (Wildman–Crippen MR) is 97.7 cm³/mol. The van der Waals surface area contributed by atoms with Gasteiger partial charge in [-0.25, -0.2) is 0 Å². The fourth-order valence-corrected chi connectivity index (χ4v) is 1.74. The minimum absolute atomic E-state index is 0. The Balaban J connectivity index is -0.0000000252. The second-order valence-electron chi connectivity index (χ2n) is 3.06. The second kappa shape index (κ2) is 103. The molecule has 0 aliphatic heterocycles. The van der Waals surface area contributed by atoms with Crippen molar-refractivity contribution in [2.75, 3.05) is 5.75 Å². The van der Waals surface area contributed by atoms with Gasteiger partial charge in [-0.3, -0.25) is 40.7 Å². The van der Waals surface area contributed by atoms with Gasteiger partial charge in [0.1, 0.15) is 5.78 Å². The van der Waals surface area contributed by atoms with E-state index in [0.29, 0.717) is 11.7 Å². The summed E-state index contributed by atoms with van der Waals surface area (Å²) >= 11 is 9.99. The summed E-state index contributed by atoms with van der Waals surface area (Å²) in [5.74, 6) is 1.04. The first-order chi connectivity index (χ1) is 11.7. The van der Waals surface area contributed by atoms with Crippen molar-refractivity contribution in [2.45, 2.75) is 44.3 Å². The molecule has 0 fully saturated rings. The molecule has 0 amide bonds. The number of carbonyl (C=O) groups is 1. The van der Waals surface area contributed by atoms with E-state index in [0.717, 1.165) is 31.4 Å². The van der Waals surface area contributed by atoms with Crippen LogP contribution in [0.3, 0.4) is 0 Å². The number of Topliss-reactive ketones (excluding diaryl/α,β-unsaturated/α-hetero) is 1. The molecule has 26 heavy (non-hydrogen) atoms. The molecule has 0 aliphatic carbocycles. The zero-order chi connectivity index (χ0) is 21.4. The molecule has 0 saturated heterocycles. The van der Waals surface area contributed by atoms with Crippen LogP contribution < -0.4 is 0 Å². The third-order valence-corrected chi connectivity index (χ3v) is 2.45. The topological polar surface area (TPSA) is 119 Å². The molecule has 11 heteroatoms. The predicted octanol–water partition coefficient (Wildman–Crippen LogP) is 0.339. The van der Waals surface area contributed by atoms with Crippen LogP contribution >= 0.6 is 0 Å². The largest absolute Gasteiger partial charge is 3.00 e. The van der Waals surface area contributed by atoms with Crippen molar-refractivity contribution in [1.82, 2.24) is 0 Å². The summed E-state index contributed by atoms with van der Waals surface area (Å²) < 4.78 is 0. The maximum absolute atomic E-state index is 10.6. The number of hydrogen-bond acceptors (Lipinski definition) is 9. The summed E-state index contributed by atoms with van der Waals surface area (Å²) in [5.41, 5.74) is 0. The molecule has 7 nitrogen and oxygen atoms in total. The minimum atomic E-state index is 0. The van der Waals surface area contributed by atoms with Crippen LogP contribution in [0, 0.1) is 0 Å². The van der Waals surface area contributed by atoms with Crippen LogP contribution in [0.5, 0.6) is 0 Å². The van der Waals surface area contributed by atoms with Gasteiger partial charge in [-0.15, -0.1) is 0 Å². The molecule has 0 aromatic heterocycles. The van der Waals surface area contributed by atoms with Gasteiger partial charge in [-0.1, -0.05) is 19.3 Å². The summed E-state index contributed by atoms with van der Waals surface area (Å²) in [6.07, 6.45) is 4.77. The van der Waals surface area contributed by atoms with E-state index in [1.54, 1.807) is 6.92 Å². The molecular formula is C15H22Fe2O7S2-2. The molecule has 2 radical (unpaired) electrons. The first-order valence-electron chi connectivity index (χ1n) is 5.81. The zero-order valence-electron chi connectivity index (χ0n) is 14.2. The van der Waals surface area contributed by atoms with Gasteiger partial charge in [0.15, 0.2) is 0 Å². The smallest absolute Gasteiger partial charge is 0.793 e. The Labute approximate surface area is 189 Å². The van der Waals surface area contributed by atoms with E-state index in [4.69, 9.17) is 54.0 Å². The third kappa shape index (κ3) is 133. The average molecular weight is 490 g/mol. The molecule has 0 spiro atoms. The minimum Gasteiger partial charge on any atom is -0.793 e. The molecule has 0 bridgehead atoms. The maximum Gasteiger partial charge on any atom is 3.00 e. The van der Waals surface area contributed by atoms with Crippen LogP contribution in [0.1, 0.15) is 39.0 Å². The Bertz CT molecular complexity index is 205. The van der Waals surface area contributed by atoms with E-state index in [-0.39, 0.29) is 39.9 Å². The summed E-state index contributed by atoms with van der Waals surface area (Å²) in [6.45, 7) is 21.1. The molecule has 0 N–H and O–H groups in total.